The topological polar surface area (TPSA) is 22.0 Å². The van der Waals surface area contributed by atoms with Crippen LogP contribution in [0.4, 0.5) is 0 Å². The largest absolute Gasteiger partial charge is 0.341 e. The number of rotatable bonds is 2. The smallest absolute Gasteiger partial charge is 0.166 e. The fourth-order valence-corrected chi connectivity index (χ4v) is 1.54. The van der Waals surface area contributed by atoms with Gasteiger partial charge in [-0.25, -0.2) is 0 Å². The number of hydrogen-bond donors (Lipinski definition) is 0. The second kappa shape index (κ2) is 3.50. The molecule has 14 heavy (non-hydrogen) atoms. The monoisotopic (exact) mass is 185 g/mol. The molecular formula is C12H11NO. The molecule has 0 saturated carbocycles. The van der Waals surface area contributed by atoms with Crippen molar-refractivity contribution in [2.45, 2.75) is 0 Å². The maximum Gasteiger partial charge on any atom is 0.166 e. The van der Waals surface area contributed by atoms with Gasteiger partial charge < -0.3 is 4.57 Å². The minimum atomic E-state index is 0.698. The Morgan fingerprint density at radius 3 is 2.36 bits per heavy atom. The van der Waals surface area contributed by atoms with Crippen molar-refractivity contribution in [3.63, 3.8) is 0 Å². The van der Waals surface area contributed by atoms with E-state index in [4.69, 9.17) is 0 Å². The number of carbonyl (C=O) groups is 1. The molecule has 0 saturated heterocycles. The molecule has 0 fully saturated rings. The normalized spacial score (nSPS) is 10.1. The third-order valence-corrected chi connectivity index (χ3v) is 2.35. The van der Waals surface area contributed by atoms with Crippen molar-refractivity contribution in [2.24, 2.45) is 7.05 Å². The van der Waals surface area contributed by atoms with Crippen molar-refractivity contribution in [1.29, 1.82) is 0 Å². The Labute approximate surface area is 82.8 Å². The Hall–Kier alpha value is -1.83. The Bertz CT molecular complexity index is 443. The summed E-state index contributed by atoms with van der Waals surface area (Å²) in [5.41, 5.74) is 2.89. The van der Waals surface area contributed by atoms with Crippen molar-refractivity contribution in [1.82, 2.24) is 4.57 Å². The summed E-state index contributed by atoms with van der Waals surface area (Å²) in [6.07, 6.45) is 0.867. The molecule has 2 heteroatoms. The van der Waals surface area contributed by atoms with E-state index in [0.717, 1.165) is 17.5 Å². The lowest BCUT2D eigenvalue weighted by atomic mass is 10.2. The molecule has 0 bridgehead atoms. The lowest BCUT2D eigenvalue weighted by molar-refractivity contribution is 0.111. The summed E-state index contributed by atoms with van der Waals surface area (Å²) in [5.74, 6) is 0. The van der Waals surface area contributed by atoms with Gasteiger partial charge in [-0.1, -0.05) is 30.3 Å². The number of nitrogens with zero attached hydrogens (tertiary/aromatic N) is 1. The van der Waals surface area contributed by atoms with E-state index in [-0.39, 0.29) is 0 Å². The molecule has 0 aliphatic heterocycles. The fraction of sp³-hybridized carbons (Fsp3) is 0.0833. The van der Waals surface area contributed by atoms with E-state index >= 15 is 0 Å². The fourth-order valence-electron chi connectivity index (χ4n) is 1.54. The van der Waals surface area contributed by atoms with Gasteiger partial charge in [-0.15, -0.1) is 0 Å². The SMILES string of the molecule is Cn1c(C=O)ccc1-c1ccccc1. The van der Waals surface area contributed by atoms with Gasteiger partial charge in [0.2, 0.25) is 0 Å². The molecule has 1 aromatic heterocycles. The molecule has 0 atom stereocenters. The van der Waals surface area contributed by atoms with Gasteiger partial charge in [0.1, 0.15) is 0 Å². The summed E-state index contributed by atoms with van der Waals surface area (Å²) in [6.45, 7) is 0. The quantitative estimate of drug-likeness (QED) is 0.659. The molecule has 0 aliphatic rings. The first kappa shape index (κ1) is 8.75. The molecule has 0 spiro atoms. The van der Waals surface area contributed by atoms with Crippen molar-refractivity contribution < 1.29 is 4.79 Å². The molecule has 0 amide bonds. The van der Waals surface area contributed by atoms with E-state index in [1.54, 1.807) is 0 Å². The zero-order valence-corrected chi connectivity index (χ0v) is 7.97. The molecular weight excluding hydrogens is 174 g/mol. The maximum atomic E-state index is 10.7. The van der Waals surface area contributed by atoms with E-state index in [9.17, 15) is 4.79 Å². The molecule has 0 aliphatic carbocycles. The number of aromatic nitrogens is 1. The lowest BCUT2D eigenvalue weighted by Crippen LogP contribution is -1.96. The molecule has 1 aromatic carbocycles. The predicted molar refractivity (Wildman–Crippen MR) is 56.2 cm³/mol. The summed E-state index contributed by atoms with van der Waals surface area (Å²) in [6, 6.07) is 13.8. The molecule has 2 aromatic rings. The number of hydrogen-bond acceptors (Lipinski definition) is 1. The predicted octanol–water partition coefficient (Wildman–Crippen LogP) is 2.50. The summed E-state index contributed by atoms with van der Waals surface area (Å²) in [5, 5.41) is 0. The zero-order valence-electron chi connectivity index (χ0n) is 7.97. The maximum absolute atomic E-state index is 10.7. The minimum absolute atomic E-state index is 0.698. The highest BCUT2D eigenvalue weighted by atomic mass is 16.1. The van der Waals surface area contributed by atoms with Crippen LogP contribution in [0.3, 0.4) is 0 Å². The van der Waals surface area contributed by atoms with Crippen LogP contribution in [0.5, 0.6) is 0 Å². The first-order chi connectivity index (χ1) is 6.83. The highest BCUT2D eigenvalue weighted by molar-refractivity contribution is 5.76. The van der Waals surface area contributed by atoms with Crippen LogP contribution in [0, 0.1) is 0 Å². The van der Waals surface area contributed by atoms with Crippen LogP contribution in [-0.2, 0) is 7.05 Å². The Kier molecular flexibility index (Phi) is 2.19. The van der Waals surface area contributed by atoms with Gasteiger partial charge in [-0.3, -0.25) is 4.79 Å². The van der Waals surface area contributed by atoms with Gasteiger partial charge in [0, 0.05) is 12.7 Å². The third-order valence-electron chi connectivity index (χ3n) is 2.35. The Morgan fingerprint density at radius 1 is 1.07 bits per heavy atom. The van der Waals surface area contributed by atoms with Crippen LogP contribution in [0.1, 0.15) is 10.5 Å². The van der Waals surface area contributed by atoms with Crippen LogP contribution in [0.2, 0.25) is 0 Å². The van der Waals surface area contributed by atoms with Gasteiger partial charge in [-0.2, -0.15) is 0 Å². The number of carbonyl (C=O) groups excluding carboxylic acids is 1. The summed E-state index contributed by atoms with van der Waals surface area (Å²) < 4.78 is 1.89. The van der Waals surface area contributed by atoms with Crippen molar-refractivity contribution in [3.05, 3.63) is 48.2 Å². The second-order valence-electron chi connectivity index (χ2n) is 3.19. The van der Waals surface area contributed by atoms with E-state index in [2.05, 4.69) is 0 Å². The first-order valence-corrected chi connectivity index (χ1v) is 4.49. The van der Waals surface area contributed by atoms with E-state index in [0.29, 0.717) is 5.69 Å². The molecule has 70 valence electrons. The molecule has 0 N–H and O–H groups in total. The molecule has 1 heterocycles. The summed E-state index contributed by atoms with van der Waals surface area (Å²) >= 11 is 0. The highest BCUT2D eigenvalue weighted by Gasteiger charge is 2.04. The lowest BCUT2D eigenvalue weighted by Gasteiger charge is -2.03. The van der Waals surface area contributed by atoms with E-state index in [1.165, 1.54) is 0 Å². The van der Waals surface area contributed by atoms with Crippen LogP contribution in [0.15, 0.2) is 42.5 Å². The van der Waals surface area contributed by atoms with Crippen molar-refractivity contribution in [2.75, 3.05) is 0 Å². The second-order valence-corrected chi connectivity index (χ2v) is 3.19. The molecule has 2 rings (SSSR count). The minimum Gasteiger partial charge on any atom is -0.341 e. The molecule has 0 radical (unpaired) electrons. The van der Waals surface area contributed by atoms with E-state index in [1.807, 2.05) is 54.1 Å². The zero-order chi connectivity index (χ0) is 9.97. The standard InChI is InChI=1S/C12H11NO/c1-13-11(9-14)7-8-12(13)10-5-3-2-4-6-10/h2-9H,1H3. The number of benzene rings is 1. The van der Waals surface area contributed by atoms with Gasteiger partial charge in [0.15, 0.2) is 6.29 Å². The van der Waals surface area contributed by atoms with Gasteiger partial charge in [0.05, 0.1) is 5.69 Å². The average molecular weight is 185 g/mol. The van der Waals surface area contributed by atoms with E-state index < -0.39 is 0 Å². The third kappa shape index (κ3) is 1.35. The highest BCUT2D eigenvalue weighted by Crippen LogP contribution is 2.20. The van der Waals surface area contributed by atoms with Crippen LogP contribution >= 0.6 is 0 Å². The molecule has 2 nitrogen and oxygen atoms in total. The van der Waals surface area contributed by atoms with Crippen LogP contribution in [-0.4, -0.2) is 10.9 Å². The summed E-state index contributed by atoms with van der Waals surface area (Å²) in [4.78, 5) is 10.7. The average Bonchev–Trinajstić information content (AvgIpc) is 2.61. The van der Waals surface area contributed by atoms with Crippen LogP contribution < -0.4 is 0 Å². The van der Waals surface area contributed by atoms with Gasteiger partial charge in [0.25, 0.3) is 0 Å². The van der Waals surface area contributed by atoms with Crippen LogP contribution in [0.25, 0.3) is 11.3 Å². The molecule has 0 unspecified atom stereocenters. The van der Waals surface area contributed by atoms with Gasteiger partial charge in [-0.05, 0) is 17.7 Å². The Balaban J connectivity index is 2.53. The van der Waals surface area contributed by atoms with Crippen molar-refractivity contribution in [3.8, 4) is 11.3 Å². The number of aldehydes is 1. The van der Waals surface area contributed by atoms with Gasteiger partial charge >= 0.3 is 0 Å². The summed E-state index contributed by atoms with van der Waals surface area (Å²) in [7, 11) is 1.89. The Morgan fingerprint density at radius 2 is 1.79 bits per heavy atom. The van der Waals surface area contributed by atoms with Crippen molar-refractivity contribution >= 4 is 6.29 Å². The first-order valence-electron chi connectivity index (χ1n) is 4.49.